The predicted molar refractivity (Wildman–Crippen MR) is 114 cm³/mol. The minimum absolute atomic E-state index is 0. The third-order valence-electron chi connectivity index (χ3n) is 5.98. The maximum atomic E-state index is 13.3. The maximum Gasteiger partial charge on any atom is 0.274 e. The number of ether oxygens (including phenoxy) is 1. The van der Waals surface area contributed by atoms with Crippen LogP contribution >= 0.6 is 12.4 Å². The Morgan fingerprint density at radius 2 is 1.83 bits per heavy atom. The van der Waals surface area contributed by atoms with Gasteiger partial charge in [0.15, 0.2) is 15.5 Å². The smallest absolute Gasteiger partial charge is 0.274 e. The molecule has 2 aromatic rings. The molecule has 1 amide bonds. The van der Waals surface area contributed by atoms with Crippen LogP contribution in [-0.4, -0.2) is 68.4 Å². The van der Waals surface area contributed by atoms with Crippen molar-refractivity contribution >= 4 is 28.2 Å². The highest BCUT2D eigenvalue weighted by molar-refractivity contribution is 7.90. The number of fused-ring (bicyclic) bond motifs is 3. The molecule has 162 valence electrons. The van der Waals surface area contributed by atoms with E-state index in [2.05, 4.69) is 5.32 Å². The fraction of sp³-hybridized carbons (Fsp3) is 0.500. The van der Waals surface area contributed by atoms with Gasteiger partial charge in [0.1, 0.15) is 0 Å². The van der Waals surface area contributed by atoms with Gasteiger partial charge in [-0.05, 0) is 32.0 Å². The van der Waals surface area contributed by atoms with Gasteiger partial charge in [-0.25, -0.2) is 8.42 Å². The average Bonchev–Trinajstić information content (AvgIpc) is 3.13. The first-order valence-corrected chi connectivity index (χ1v) is 11.7. The summed E-state index contributed by atoms with van der Waals surface area (Å²) in [5.41, 5.74) is 2.26. The lowest BCUT2D eigenvalue weighted by Crippen LogP contribution is -2.41. The van der Waals surface area contributed by atoms with Crippen LogP contribution in [0.5, 0.6) is 0 Å². The standard InChI is InChI=1S/C20H24N4O4S.ClH/c25-20(23-9-11-28-12-10-23)18-16-13-29(26,27)17-4-2-1-3-15(17)19(16)24(22-18)14-5-7-21-8-6-14;/h1-4,14,21H,5-13H2;1H. The fourth-order valence-corrected chi connectivity index (χ4v) is 6.09. The number of nitrogens with one attached hydrogen (secondary N) is 1. The molecule has 3 aliphatic rings. The summed E-state index contributed by atoms with van der Waals surface area (Å²) in [7, 11) is -3.52. The highest BCUT2D eigenvalue weighted by Crippen LogP contribution is 2.41. The molecule has 0 bridgehead atoms. The number of benzene rings is 1. The van der Waals surface area contributed by atoms with Crippen molar-refractivity contribution in [3.8, 4) is 11.3 Å². The number of hydrogen-bond donors (Lipinski definition) is 1. The minimum atomic E-state index is -3.52. The Kier molecular flexibility index (Phi) is 5.89. The topological polar surface area (TPSA) is 93.5 Å². The molecule has 3 aliphatic heterocycles. The van der Waals surface area contributed by atoms with Crippen molar-refractivity contribution < 1.29 is 17.9 Å². The van der Waals surface area contributed by atoms with Gasteiger partial charge in [0.05, 0.1) is 35.6 Å². The Morgan fingerprint density at radius 1 is 1.13 bits per heavy atom. The molecule has 0 saturated carbocycles. The number of aromatic nitrogens is 2. The quantitative estimate of drug-likeness (QED) is 0.744. The number of nitrogens with zero attached hydrogens (tertiary/aromatic N) is 3. The van der Waals surface area contributed by atoms with E-state index in [4.69, 9.17) is 9.84 Å². The maximum absolute atomic E-state index is 13.3. The molecule has 2 saturated heterocycles. The van der Waals surface area contributed by atoms with Crippen LogP contribution in [0.2, 0.25) is 0 Å². The van der Waals surface area contributed by atoms with Gasteiger partial charge in [-0.1, -0.05) is 18.2 Å². The van der Waals surface area contributed by atoms with Crippen molar-refractivity contribution in [3.63, 3.8) is 0 Å². The highest BCUT2D eigenvalue weighted by Gasteiger charge is 2.38. The van der Waals surface area contributed by atoms with E-state index in [9.17, 15) is 13.2 Å². The van der Waals surface area contributed by atoms with Crippen LogP contribution in [0.25, 0.3) is 11.3 Å². The lowest BCUT2D eigenvalue weighted by molar-refractivity contribution is 0.0297. The number of sulfone groups is 1. The van der Waals surface area contributed by atoms with Gasteiger partial charge in [0.2, 0.25) is 0 Å². The zero-order valence-electron chi connectivity index (χ0n) is 16.5. The lowest BCUT2D eigenvalue weighted by atomic mass is 10.0. The first-order chi connectivity index (χ1) is 14.1. The summed E-state index contributed by atoms with van der Waals surface area (Å²) in [4.78, 5) is 15.3. The molecule has 2 fully saturated rings. The number of carbonyl (C=O) groups is 1. The van der Waals surface area contributed by atoms with E-state index < -0.39 is 9.84 Å². The van der Waals surface area contributed by atoms with Crippen LogP contribution < -0.4 is 5.32 Å². The van der Waals surface area contributed by atoms with Crippen LogP contribution in [0.4, 0.5) is 0 Å². The molecule has 8 nitrogen and oxygen atoms in total. The largest absolute Gasteiger partial charge is 0.378 e. The molecule has 0 spiro atoms. The van der Waals surface area contributed by atoms with Gasteiger partial charge in [-0.2, -0.15) is 5.10 Å². The third-order valence-corrected chi connectivity index (χ3v) is 7.67. The second-order valence-electron chi connectivity index (χ2n) is 7.76. The van der Waals surface area contributed by atoms with Crippen LogP contribution in [0.15, 0.2) is 29.2 Å². The monoisotopic (exact) mass is 452 g/mol. The van der Waals surface area contributed by atoms with Gasteiger partial charge in [0.25, 0.3) is 5.91 Å². The molecular formula is C20H25ClN4O4S. The summed E-state index contributed by atoms with van der Waals surface area (Å²) >= 11 is 0. The summed E-state index contributed by atoms with van der Waals surface area (Å²) in [6.07, 6.45) is 1.79. The molecule has 1 aromatic heterocycles. The Balaban J connectivity index is 0.00000218. The van der Waals surface area contributed by atoms with E-state index in [1.165, 1.54) is 0 Å². The average molecular weight is 453 g/mol. The van der Waals surface area contributed by atoms with E-state index in [0.29, 0.717) is 42.3 Å². The number of halogens is 1. The molecule has 1 N–H and O–H groups in total. The molecule has 10 heteroatoms. The van der Waals surface area contributed by atoms with Crippen LogP contribution in [-0.2, 0) is 20.3 Å². The van der Waals surface area contributed by atoms with Gasteiger partial charge in [0, 0.05) is 24.2 Å². The number of carbonyl (C=O) groups excluding carboxylic acids is 1. The predicted octanol–water partition coefficient (Wildman–Crippen LogP) is 1.66. The fourth-order valence-electron chi connectivity index (χ4n) is 4.50. The molecule has 5 rings (SSSR count). The minimum Gasteiger partial charge on any atom is -0.378 e. The molecule has 0 unspecified atom stereocenters. The van der Waals surface area contributed by atoms with Gasteiger partial charge in [-0.15, -0.1) is 12.4 Å². The summed E-state index contributed by atoms with van der Waals surface area (Å²) in [6, 6.07) is 7.20. The molecule has 0 radical (unpaired) electrons. The van der Waals surface area contributed by atoms with E-state index in [-0.39, 0.29) is 35.8 Å². The Labute approximate surface area is 181 Å². The van der Waals surface area contributed by atoms with Crippen molar-refractivity contribution in [1.82, 2.24) is 20.0 Å². The zero-order valence-corrected chi connectivity index (χ0v) is 18.2. The molecule has 0 aliphatic carbocycles. The Bertz CT molecular complexity index is 1060. The summed E-state index contributed by atoms with van der Waals surface area (Å²) in [5.74, 6) is -0.387. The summed E-state index contributed by atoms with van der Waals surface area (Å²) in [5, 5.41) is 8.10. The van der Waals surface area contributed by atoms with Crippen molar-refractivity contribution in [2.24, 2.45) is 0 Å². The lowest BCUT2D eigenvalue weighted by Gasteiger charge is -2.27. The highest BCUT2D eigenvalue weighted by atomic mass is 35.5. The molecule has 0 atom stereocenters. The van der Waals surface area contributed by atoms with E-state index in [1.807, 2.05) is 16.8 Å². The summed E-state index contributed by atoms with van der Waals surface area (Å²) < 4.78 is 33.2. The number of amides is 1. The molecule has 1 aromatic carbocycles. The van der Waals surface area contributed by atoms with E-state index in [0.717, 1.165) is 31.6 Å². The molecule has 4 heterocycles. The zero-order chi connectivity index (χ0) is 20.0. The van der Waals surface area contributed by atoms with Crippen LogP contribution in [0, 0.1) is 0 Å². The number of hydrogen-bond acceptors (Lipinski definition) is 6. The normalized spacial score (nSPS) is 20.7. The number of piperidine rings is 1. The van der Waals surface area contributed by atoms with Crippen molar-refractivity contribution in [2.75, 3.05) is 39.4 Å². The second kappa shape index (κ2) is 8.30. The van der Waals surface area contributed by atoms with Crippen molar-refractivity contribution in [2.45, 2.75) is 29.5 Å². The Morgan fingerprint density at radius 3 is 2.57 bits per heavy atom. The van der Waals surface area contributed by atoms with Crippen molar-refractivity contribution in [3.05, 3.63) is 35.5 Å². The van der Waals surface area contributed by atoms with Crippen LogP contribution in [0.3, 0.4) is 0 Å². The molecular weight excluding hydrogens is 428 g/mol. The first-order valence-electron chi connectivity index (χ1n) is 10.1. The van der Waals surface area contributed by atoms with Gasteiger partial charge in [-0.3, -0.25) is 9.48 Å². The van der Waals surface area contributed by atoms with Crippen molar-refractivity contribution in [1.29, 1.82) is 0 Å². The second-order valence-corrected chi connectivity index (χ2v) is 9.72. The number of morpholine rings is 1. The van der Waals surface area contributed by atoms with Crippen LogP contribution in [0.1, 0.15) is 34.9 Å². The summed E-state index contributed by atoms with van der Waals surface area (Å²) in [6.45, 7) is 3.74. The Hall–Kier alpha value is -1.94. The molecule has 30 heavy (non-hydrogen) atoms. The van der Waals surface area contributed by atoms with Gasteiger partial charge < -0.3 is 15.0 Å². The SMILES string of the molecule is Cl.O=C(c1nn(C2CCNCC2)c2c1CS(=O)(=O)c1ccccc1-2)N1CCOCC1. The van der Waals surface area contributed by atoms with E-state index >= 15 is 0 Å². The van der Waals surface area contributed by atoms with Gasteiger partial charge >= 0.3 is 0 Å². The first kappa shape index (κ1) is 21.3. The third kappa shape index (κ3) is 3.53. The number of rotatable bonds is 2. The van der Waals surface area contributed by atoms with E-state index in [1.54, 1.807) is 17.0 Å².